The number of hydrogen-bond acceptors (Lipinski definition) is 6. The largest absolute Gasteiger partial charge is 0.419 e. The summed E-state index contributed by atoms with van der Waals surface area (Å²) in [7, 11) is 2.13. The Morgan fingerprint density at radius 3 is 2.57 bits per heavy atom. The number of aromatic nitrogens is 1. The minimum Gasteiger partial charge on any atom is -0.419 e. The van der Waals surface area contributed by atoms with Crippen molar-refractivity contribution in [2.45, 2.75) is 0 Å². The molecule has 0 bridgehead atoms. The Balaban J connectivity index is 1.89. The van der Waals surface area contributed by atoms with E-state index in [2.05, 4.69) is 18.1 Å². The van der Waals surface area contributed by atoms with Crippen LogP contribution in [-0.2, 0) is 0 Å². The molecule has 1 fully saturated rings. The molecule has 3 rings (SSSR count). The third kappa shape index (κ3) is 3.00. The Labute approximate surface area is 132 Å². The maximum atomic E-state index is 10.7. The van der Waals surface area contributed by atoms with Crippen molar-refractivity contribution >= 4 is 11.6 Å². The average molecular weight is 314 g/mol. The summed E-state index contributed by atoms with van der Waals surface area (Å²) in [5.74, 6) is 0.783. The molecule has 1 aromatic heterocycles. The Morgan fingerprint density at radius 1 is 1.35 bits per heavy atom. The van der Waals surface area contributed by atoms with Crippen molar-refractivity contribution in [2.24, 2.45) is 0 Å². The van der Waals surface area contributed by atoms with E-state index in [1.54, 1.807) is 12.1 Å². The molecule has 23 heavy (non-hydrogen) atoms. The van der Waals surface area contributed by atoms with E-state index in [4.69, 9.17) is 4.42 Å². The van der Waals surface area contributed by atoms with Crippen molar-refractivity contribution in [3.63, 3.8) is 0 Å². The standard InChI is InChI=1S/C15H15N5O3/c1-18-6-8-19(9-7-18)15-13(10-16)17-14(23-15)11-2-4-12(5-3-11)20(21)22/h2-5H,6-9H2,1H3/p+1. The lowest BCUT2D eigenvalue weighted by Gasteiger charge is -2.29. The van der Waals surface area contributed by atoms with Crippen molar-refractivity contribution in [1.82, 2.24) is 4.98 Å². The van der Waals surface area contributed by atoms with Gasteiger partial charge in [0.1, 0.15) is 6.07 Å². The molecule has 0 radical (unpaired) electrons. The van der Waals surface area contributed by atoms with Crippen LogP contribution in [0.3, 0.4) is 0 Å². The quantitative estimate of drug-likeness (QED) is 0.652. The fourth-order valence-corrected chi connectivity index (χ4v) is 2.54. The molecule has 1 aromatic carbocycles. The first-order valence-electron chi connectivity index (χ1n) is 7.30. The zero-order valence-corrected chi connectivity index (χ0v) is 12.7. The van der Waals surface area contributed by atoms with Gasteiger partial charge in [0, 0.05) is 17.7 Å². The van der Waals surface area contributed by atoms with Crippen LogP contribution < -0.4 is 9.80 Å². The Kier molecular flexibility index (Phi) is 3.95. The molecule has 0 spiro atoms. The van der Waals surface area contributed by atoms with Gasteiger partial charge in [-0.15, -0.1) is 0 Å². The number of nitro groups is 1. The van der Waals surface area contributed by atoms with Gasteiger partial charge in [0.05, 0.1) is 38.2 Å². The van der Waals surface area contributed by atoms with Gasteiger partial charge in [0.25, 0.3) is 5.69 Å². The van der Waals surface area contributed by atoms with Crippen LogP contribution >= 0.6 is 0 Å². The molecular formula is C15H16N5O3+. The van der Waals surface area contributed by atoms with Crippen molar-refractivity contribution in [3.8, 4) is 17.5 Å². The number of nitro benzene ring substituents is 1. The fraction of sp³-hybridized carbons (Fsp3) is 0.333. The zero-order chi connectivity index (χ0) is 16.4. The minimum atomic E-state index is -0.460. The number of oxazole rings is 1. The fourth-order valence-electron chi connectivity index (χ4n) is 2.54. The average Bonchev–Trinajstić information content (AvgIpc) is 3.00. The second-order valence-electron chi connectivity index (χ2n) is 5.53. The number of rotatable bonds is 3. The van der Waals surface area contributed by atoms with E-state index in [9.17, 15) is 15.4 Å². The first kappa shape index (κ1) is 15.0. The summed E-state index contributed by atoms with van der Waals surface area (Å²) in [6.45, 7) is 3.54. The van der Waals surface area contributed by atoms with Gasteiger partial charge in [-0.1, -0.05) is 0 Å². The van der Waals surface area contributed by atoms with E-state index >= 15 is 0 Å². The van der Waals surface area contributed by atoms with Crippen LogP contribution in [0.4, 0.5) is 11.6 Å². The minimum absolute atomic E-state index is 0.00285. The molecule has 0 atom stereocenters. The summed E-state index contributed by atoms with van der Waals surface area (Å²) in [6, 6.07) is 7.99. The van der Waals surface area contributed by atoms with Gasteiger partial charge >= 0.3 is 0 Å². The van der Waals surface area contributed by atoms with Crippen molar-refractivity contribution in [1.29, 1.82) is 5.26 Å². The number of nitriles is 1. The predicted octanol–water partition coefficient (Wildman–Crippen LogP) is 0.456. The highest BCUT2D eigenvalue weighted by Crippen LogP contribution is 2.29. The monoisotopic (exact) mass is 314 g/mol. The van der Waals surface area contributed by atoms with E-state index in [1.807, 2.05) is 4.90 Å². The highest BCUT2D eigenvalue weighted by Gasteiger charge is 2.25. The van der Waals surface area contributed by atoms with Crippen LogP contribution in [0.15, 0.2) is 28.7 Å². The molecule has 0 amide bonds. The smallest absolute Gasteiger partial charge is 0.269 e. The third-order valence-electron chi connectivity index (χ3n) is 3.94. The molecule has 0 saturated carbocycles. The lowest BCUT2D eigenvalue weighted by Crippen LogP contribution is -3.12. The maximum Gasteiger partial charge on any atom is 0.269 e. The summed E-state index contributed by atoms with van der Waals surface area (Å²) >= 11 is 0. The topological polar surface area (TPSA) is 101 Å². The molecule has 1 aliphatic rings. The second-order valence-corrected chi connectivity index (χ2v) is 5.53. The molecule has 8 heteroatoms. The number of nitrogens with zero attached hydrogens (tertiary/aromatic N) is 4. The van der Waals surface area contributed by atoms with Crippen LogP contribution in [-0.4, -0.2) is 43.1 Å². The van der Waals surface area contributed by atoms with Crippen LogP contribution in [0.1, 0.15) is 5.69 Å². The van der Waals surface area contributed by atoms with Gasteiger partial charge in [0.15, 0.2) is 0 Å². The van der Waals surface area contributed by atoms with Crippen LogP contribution in [0.2, 0.25) is 0 Å². The molecule has 8 nitrogen and oxygen atoms in total. The maximum absolute atomic E-state index is 10.7. The van der Waals surface area contributed by atoms with Gasteiger partial charge in [-0.2, -0.15) is 10.2 Å². The Morgan fingerprint density at radius 2 is 2.00 bits per heavy atom. The Bertz CT molecular complexity index is 754. The summed E-state index contributed by atoms with van der Waals surface area (Å²) in [5, 5.41) is 20.0. The normalized spacial score (nSPS) is 15.4. The number of nitrogens with one attached hydrogen (secondary N) is 1. The Hall–Kier alpha value is -2.92. The van der Waals surface area contributed by atoms with Crippen LogP contribution in [0, 0.1) is 21.4 Å². The van der Waals surface area contributed by atoms with Crippen LogP contribution in [0.25, 0.3) is 11.5 Å². The summed E-state index contributed by atoms with van der Waals surface area (Å²) < 4.78 is 5.78. The van der Waals surface area contributed by atoms with Crippen LogP contribution in [0.5, 0.6) is 0 Å². The predicted molar refractivity (Wildman–Crippen MR) is 82.1 cm³/mol. The summed E-state index contributed by atoms with van der Waals surface area (Å²) in [4.78, 5) is 17.9. The van der Waals surface area contributed by atoms with Gasteiger partial charge in [-0.3, -0.25) is 10.1 Å². The SMILES string of the molecule is C[NH+]1CCN(c2oc(-c3ccc([N+](=O)[O-])cc3)nc2C#N)CC1. The van der Waals surface area contributed by atoms with Crippen molar-refractivity contribution in [3.05, 3.63) is 40.1 Å². The van der Waals surface area contributed by atoms with Gasteiger partial charge in [0.2, 0.25) is 17.5 Å². The highest BCUT2D eigenvalue weighted by molar-refractivity contribution is 5.61. The van der Waals surface area contributed by atoms with E-state index in [0.717, 1.165) is 26.2 Å². The number of benzene rings is 1. The van der Waals surface area contributed by atoms with Gasteiger partial charge < -0.3 is 14.2 Å². The first-order valence-corrected chi connectivity index (χ1v) is 7.30. The number of hydrogen-bond donors (Lipinski definition) is 1. The van der Waals surface area contributed by atoms with Crippen molar-refractivity contribution in [2.75, 3.05) is 38.1 Å². The molecule has 2 heterocycles. The number of anilines is 1. The summed E-state index contributed by atoms with van der Waals surface area (Å²) in [5.41, 5.74) is 0.860. The molecule has 118 valence electrons. The van der Waals surface area contributed by atoms with E-state index in [1.165, 1.54) is 17.0 Å². The van der Waals surface area contributed by atoms with E-state index in [0.29, 0.717) is 17.3 Å². The van der Waals surface area contributed by atoms with Crippen molar-refractivity contribution < 1.29 is 14.2 Å². The molecular weight excluding hydrogens is 298 g/mol. The number of quaternary nitrogens is 1. The highest BCUT2D eigenvalue weighted by atomic mass is 16.6. The molecule has 0 aliphatic carbocycles. The molecule has 2 aromatic rings. The first-order chi connectivity index (χ1) is 11.1. The van der Waals surface area contributed by atoms with E-state index in [-0.39, 0.29) is 11.4 Å². The second kappa shape index (κ2) is 6.06. The number of likely N-dealkylation sites (N-methyl/N-ethyl adjacent to an activating group) is 1. The lowest BCUT2D eigenvalue weighted by atomic mass is 10.2. The molecule has 1 aliphatic heterocycles. The molecule has 1 saturated heterocycles. The third-order valence-corrected chi connectivity index (χ3v) is 3.94. The number of non-ortho nitro benzene ring substituents is 1. The van der Waals surface area contributed by atoms with Gasteiger partial charge in [-0.05, 0) is 12.1 Å². The summed E-state index contributed by atoms with van der Waals surface area (Å²) in [6.07, 6.45) is 0. The van der Waals surface area contributed by atoms with Gasteiger partial charge in [-0.25, -0.2) is 0 Å². The molecule has 1 N–H and O–H groups in total. The number of piperazine rings is 1. The lowest BCUT2D eigenvalue weighted by molar-refractivity contribution is -0.880. The van der Waals surface area contributed by atoms with E-state index < -0.39 is 4.92 Å². The zero-order valence-electron chi connectivity index (χ0n) is 12.7. The molecule has 0 unspecified atom stereocenters.